The van der Waals surface area contributed by atoms with Gasteiger partial charge in [0.15, 0.2) is 5.79 Å². The molecule has 1 saturated heterocycles. The number of carbonyl (C=O) groups excluding carboxylic acids is 1. The maximum atomic E-state index is 11.4. The van der Waals surface area contributed by atoms with Crippen molar-refractivity contribution in [1.82, 2.24) is 5.32 Å². The molecule has 0 aromatic rings. The van der Waals surface area contributed by atoms with Crippen molar-refractivity contribution in [2.45, 2.75) is 26.6 Å². The number of hydrogen-bond donors (Lipinski definition) is 1. The number of rotatable bonds is 1. The molecule has 1 aliphatic heterocycles. The van der Waals surface area contributed by atoms with Crippen LogP contribution in [0.5, 0.6) is 0 Å². The standard InChI is InChI=1S/C9H17NO3/c1-8(2)12-5-9(3,6-13-8)7(11)10-4/h5-6H2,1-4H3,(H,10,11). The smallest absolute Gasteiger partial charge is 0.230 e. The summed E-state index contributed by atoms with van der Waals surface area (Å²) in [5, 5.41) is 2.60. The third-order valence-corrected chi connectivity index (χ3v) is 2.25. The Morgan fingerprint density at radius 2 is 1.69 bits per heavy atom. The molecule has 0 spiro atoms. The number of nitrogens with one attached hydrogen (secondary N) is 1. The molecule has 13 heavy (non-hydrogen) atoms. The fourth-order valence-corrected chi connectivity index (χ4v) is 1.18. The average Bonchev–Trinajstić information content (AvgIpc) is 2.09. The van der Waals surface area contributed by atoms with Crippen LogP contribution >= 0.6 is 0 Å². The summed E-state index contributed by atoms with van der Waals surface area (Å²) < 4.78 is 10.8. The molecule has 76 valence electrons. The number of carbonyl (C=O) groups is 1. The largest absolute Gasteiger partial charge is 0.359 e. The first-order valence-electron chi connectivity index (χ1n) is 4.40. The van der Waals surface area contributed by atoms with Crippen LogP contribution < -0.4 is 5.32 Å². The van der Waals surface area contributed by atoms with Crippen molar-refractivity contribution >= 4 is 5.91 Å². The summed E-state index contributed by atoms with van der Waals surface area (Å²) in [4.78, 5) is 11.4. The van der Waals surface area contributed by atoms with Gasteiger partial charge in [0, 0.05) is 7.05 Å². The molecule has 1 amide bonds. The van der Waals surface area contributed by atoms with E-state index in [1.54, 1.807) is 7.05 Å². The second-order valence-electron chi connectivity index (χ2n) is 4.12. The van der Waals surface area contributed by atoms with Crippen molar-refractivity contribution in [1.29, 1.82) is 0 Å². The van der Waals surface area contributed by atoms with Gasteiger partial charge in [0.2, 0.25) is 5.91 Å². The first kappa shape index (κ1) is 10.5. The van der Waals surface area contributed by atoms with Gasteiger partial charge in [0.25, 0.3) is 0 Å². The van der Waals surface area contributed by atoms with Crippen molar-refractivity contribution in [2.75, 3.05) is 20.3 Å². The maximum Gasteiger partial charge on any atom is 0.230 e. The zero-order chi connectivity index (χ0) is 10.1. The predicted molar refractivity (Wildman–Crippen MR) is 48.2 cm³/mol. The molecule has 0 saturated carbocycles. The predicted octanol–water partition coefficient (Wildman–Crippen LogP) is 0.522. The second-order valence-corrected chi connectivity index (χ2v) is 4.12. The lowest BCUT2D eigenvalue weighted by atomic mass is 9.90. The molecule has 0 atom stereocenters. The fraction of sp³-hybridized carbons (Fsp3) is 0.889. The van der Waals surface area contributed by atoms with Crippen LogP contribution in [0.15, 0.2) is 0 Å². The van der Waals surface area contributed by atoms with Gasteiger partial charge < -0.3 is 14.8 Å². The van der Waals surface area contributed by atoms with E-state index in [9.17, 15) is 4.79 Å². The van der Waals surface area contributed by atoms with E-state index in [0.717, 1.165) is 0 Å². The Labute approximate surface area is 78.6 Å². The first-order valence-corrected chi connectivity index (χ1v) is 4.40. The van der Waals surface area contributed by atoms with E-state index < -0.39 is 11.2 Å². The van der Waals surface area contributed by atoms with Gasteiger partial charge in [-0.15, -0.1) is 0 Å². The van der Waals surface area contributed by atoms with Crippen molar-refractivity contribution in [2.24, 2.45) is 5.41 Å². The van der Waals surface area contributed by atoms with E-state index in [2.05, 4.69) is 5.32 Å². The molecule has 0 aliphatic carbocycles. The van der Waals surface area contributed by atoms with Crippen LogP contribution in [0, 0.1) is 5.41 Å². The minimum absolute atomic E-state index is 0.0389. The topological polar surface area (TPSA) is 47.6 Å². The molecular weight excluding hydrogens is 170 g/mol. The summed E-state index contributed by atoms with van der Waals surface area (Å²) in [5.74, 6) is -0.601. The molecule has 0 aromatic carbocycles. The molecule has 4 nitrogen and oxygen atoms in total. The minimum atomic E-state index is -0.562. The normalized spacial score (nSPS) is 25.2. The van der Waals surface area contributed by atoms with Crippen LogP contribution in [0.1, 0.15) is 20.8 Å². The van der Waals surface area contributed by atoms with Gasteiger partial charge in [-0.1, -0.05) is 0 Å². The lowest BCUT2D eigenvalue weighted by Crippen LogP contribution is -2.52. The first-order chi connectivity index (χ1) is 5.90. The van der Waals surface area contributed by atoms with Crippen LogP contribution in [0.2, 0.25) is 0 Å². The summed E-state index contributed by atoms with van der Waals surface area (Å²) in [7, 11) is 1.62. The van der Waals surface area contributed by atoms with Crippen LogP contribution in [-0.4, -0.2) is 32.0 Å². The molecule has 0 bridgehead atoms. The van der Waals surface area contributed by atoms with E-state index in [1.807, 2.05) is 20.8 Å². The van der Waals surface area contributed by atoms with Crippen LogP contribution in [0.3, 0.4) is 0 Å². The minimum Gasteiger partial charge on any atom is -0.359 e. The summed E-state index contributed by atoms with van der Waals surface area (Å²) in [6.07, 6.45) is 0. The van der Waals surface area contributed by atoms with E-state index >= 15 is 0 Å². The molecule has 0 aromatic heterocycles. The summed E-state index contributed by atoms with van der Waals surface area (Å²) in [6, 6.07) is 0. The maximum absolute atomic E-state index is 11.4. The Morgan fingerprint density at radius 1 is 1.23 bits per heavy atom. The van der Waals surface area contributed by atoms with Gasteiger partial charge in [0.1, 0.15) is 0 Å². The fourth-order valence-electron chi connectivity index (χ4n) is 1.18. The van der Waals surface area contributed by atoms with Crippen LogP contribution in [0.4, 0.5) is 0 Å². The molecule has 1 aliphatic rings. The van der Waals surface area contributed by atoms with Crippen LogP contribution in [0.25, 0.3) is 0 Å². The Morgan fingerprint density at radius 3 is 2.08 bits per heavy atom. The van der Waals surface area contributed by atoms with Gasteiger partial charge >= 0.3 is 0 Å². The highest BCUT2D eigenvalue weighted by Crippen LogP contribution is 2.29. The van der Waals surface area contributed by atoms with Crippen molar-refractivity contribution in [3.05, 3.63) is 0 Å². The van der Waals surface area contributed by atoms with Gasteiger partial charge in [-0.2, -0.15) is 0 Å². The van der Waals surface area contributed by atoms with Gasteiger partial charge in [-0.3, -0.25) is 4.79 Å². The highest BCUT2D eigenvalue weighted by atomic mass is 16.7. The van der Waals surface area contributed by atoms with Gasteiger partial charge in [-0.25, -0.2) is 0 Å². The average molecular weight is 187 g/mol. The summed E-state index contributed by atoms with van der Waals surface area (Å²) in [5.41, 5.74) is -0.551. The van der Waals surface area contributed by atoms with Crippen LogP contribution in [-0.2, 0) is 14.3 Å². The van der Waals surface area contributed by atoms with E-state index in [1.165, 1.54) is 0 Å². The number of amides is 1. The van der Waals surface area contributed by atoms with Crippen molar-refractivity contribution < 1.29 is 14.3 Å². The third kappa shape index (κ3) is 2.19. The molecule has 0 unspecified atom stereocenters. The molecule has 1 heterocycles. The Kier molecular flexibility index (Phi) is 2.63. The zero-order valence-corrected chi connectivity index (χ0v) is 8.64. The number of ether oxygens (including phenoxy) is 2. The number of hydrogen-bond acceptors (Lipinski definition) is 3. The zero-order valence-electron chi connectivity index (χ0n) is 8.64. The van der Waals surface area contributed by atoms with E-state index in [4.69, 9.17) is 9.47 Å². The van der Waals surface area contributed by atoms with Crippen molar-refractivity contribution in [3.8, 4) is 0 Å². The third-order valence-electron chi connectivity index (χ3n) is 2.25. The van der Waals surface area contributed by atoms with E-state index in [-0.39, 0.29) is 5.91 Å². The monoisotopic (exact) mass is 187 g/mol. The highest BCUT2D eigenvalue weighted by molar-refractivity contribution is 5.82. The second kappa shape index (κ2) is 3.27. The Hall–Kier alpha value is -0.610. The molecular formula is C9H17NO3. The Balaban J connectivity index is 2.61. The Bertz CT molecular complexity index is 203. The lowest BCUT2D eigenvalue weighted by Gasteiger charge is -2.40. The van der Waals surface area contributed by atoms with Gasteiger partial charge in [-0.05, 0) is 20.8 Å². The molecule has 1 rings (SSSR count). The molecule has 4 heteroatoms. The quantitative estimate of drug-likeness (QED) is 0.651. The van der Waals surface area contributed by atoms with E-state index in [0.29, 0.717) is 13.2 Å². The molecule has 1 fully saturated rings. The summed E-state index contributed by atoms with van der Waals surface area (Å²) >= 11 is 0. The summed E-state index contributed by atoms with van der Waals surface area (Å²) in [6.45, 7) is 6.33. The van der Waals surface area contributed by atoms with Crippen molar-refractivity contribution in [3.63, 3.8) is 0 Å². The molecule has 1 N–H and O–H groups in total. The van der Waals surface area contributed by atoms with Gasteiger partial charge in [0.05, 0.1) is 18.6 Å². The highest BCUT2D eigenvalue weighted by Gasteiger charge is 2.41. The SMILES string of the molecule is CNC(=O)C1(C)COC(C)(C)OC1. The molecule has 0 radical (unpaired) electrons. The lowest BCUT2D eigenvalue weighted by molar-refractivity contribution is -0.277.